The summed E-state index contributed by atoms with van der Waals surface area (Å²) >= 11 is 0. The third-order valence-electron chi connectivity index (χ3n) is 5.50. The molecule has 2 rings (SSSR count). The van der Waals surface area contributed by atoms with Crippen LogP contribution in [0, 0.1) is 0 Å². The lowest BCUT2D eigenvalue weighted by Crippen LogP contribution is -2.43. The largest absolute Gasteiger partial charge is 0.464 e. The average Bonchev–Trinajstić information content (AvgIpc) is 2.80. The monoisotopic (exact) mass is 463 g/mol. The zero-order valence-electron chi connectivity index (χ0n) is 20.7. The molecular formula is C25H41N3O5. The van der Waals surface area contributed by atoms with Gasteiger partial charge < -0.3 is 14.2 Å². The van der Waals surface area contributed by atoms with Crippen LogP contribution in [-0.2, 0) is 29.2 Å². The first-order chi connectivity index (χ1) is 15.8. The minimum Gasteiger partial charge on any atom is -0.464 e. The Balaban J connectivity index is 1.60. The molecule has 1 heterocycles. The first-order valence-corrected chi connectivity index (χ1v) is 12.0. The van der Waals surface area contributed by atoms with Gasteiger partial charge in [0, 0.05) is 39.2 Å². The molecular weight excluding hydrogens is 422 g/mol. The fourth-order valence-corrected chi connectivity index (χ4v) is 3.40. The van der Waals surface area contributed by atoms with Crippen molar-refractivity contribution in [2.75, 3.05) is 64.2 Å². The Bertz CT molecular complexity index is 712. The van der Waals surface area contributed by atoms with Crippen LogP contribution in [0.1, 0.15) is 52.5 Å². The third-order valence-corrected chi connectivity index (χ3v) is 5.50. The van der Waals surface area contributed by atoms with Gasteiger partial charge in [0.1, 0.15) is 6.61 Å². The summed E-state index contributed by atoms with van der Waals surface area (Å²) in [7, 11) is 0. The molecule has 0 radical (unpaired) electrons. The second-order valence-corrected chi connectivity index (χ2v) is 9.18. The molecule has 0 aliphatic carbocycles. The van der Waals surface area contributed by atoms with Crippen molar-refractivity contribution in [3.63, 3.8) is 0 Å². The van der Waals surface area contributed by atoms with Gasteiger partial charge in [0.15, 0.2) is 0 Å². The number of morpholine rings is 1. The number of hydrazine groups is 1. The zero-order chi connectivity index (χ0) is 24.1. The lowest BCUT2D eigenvalue weighted by molar-refractivity contribution is -0.145. The van der Waals surface area contributed by atoms with Crippen LogP contribution in [0.3, 0.4) is 0 Å². The molecule has 0 atom stereocenters. The van der Waals surface area contributed by atoms with Crippen molar-refractivity contribution in [2.24, 2.45) is 0 Å². The number of hydrogen-bond donors (Lipinski definition) is 1. The van der Waals surface area contributed by atoms with Gasteiger partial charge in [0.2, 0.25) is 5.91 Å². The summed E-state index contributed by atoms with van der Waals surface area (Å²) in [5.74, 6) is -0.223. The lowest BCUT2D eigenvalue weighted by Gasteiger charge is -2.26. The van der Waals surface area contributed by atoms with E-state index in [4.69, 9.17) is 14.2 Å². The second-order valence-electron chi connectivity index (χ2n) is 9.18. The van der Waals surface area contributed by atoms with Crippen LogP contribution in [0.4, 0.5) is 5.69 Å². The maximum atomic E-state index is 12.4. The molecule has 1 N–H and O–H groups in total. The van der Waals surface area contributed by atoms with Gasteiger partial charge in [-0.05, 0) is 29.5 Å². The second kappa shape index (κ2) is 14.3. The number of carbonyl (C=O) groups excluding carboxylic acids is 2. The predicted molar refractivity (Wildman–Crippen MR) is 129 cm³/mol. The van der Waals surface area contributed by atoms with Gasteiger partial charge in [-0.1, -0.05) is 39.8 Å². The van der Waals surface area contributed by atoms with Crippen molar-refractivity contribution in [1.82, 2.24) is 10.3 Å². The van der Waals surface area contributed by atoms with Crippen molar-refractivity contribution in [2.45, 2.75) is 52.4 Å². The van der Waals surface area contributed by atoms with Crippen molar-refractivity contribution in [1.29, 1.82) is 0 Å². The lowest BCUT2D eigenvalue weighted by atomic mass is 9.87. The minimum absolute atomic E-state index is 0.0132. The SMILES string of the molecule is CCC(=O)N(NCCCOCCC(=O)OCCN1CCOCC1)c1ccc(C(C)(C)C)cc1. The summed E-state index contributed by atoms with van der Waals surface area (Å²) in [6.45, 7) is 14.2. The summed E-state index contributed by atoms with van der Waals surface area (Å²) in [5, 5.41) is 1.61. The van der Waals surface area contributed by atoms with Crippen LogP contribution >= 0.6 is 0 Å². The molecule has 0 aromatic heterocycles. The smallest absolute Gasteiger partial charge is 0.308 e. The summed E-state index contributed by atoms with van der Waals surface area (Å²) in [4.78, 5) is 26.4. The number of esters is 1. The highest BCUT2D eigenvalue weighted by atomic mass is 16.5. The van der Waals surface area contributed by atoms with E-state index in [-0.39, 0.29) is 23.7 Å². The van der Waals surface area contributed by atoms with E-state index in [1.165, 1.54) is 5.56 Å². The number of rotatable bonds is 13. The van der Waals surface area contributed by atoms with Crippen molar-refractivity contribution >= 4 is 17.6 Å². The molecule has 1 fully saturated rings. The number of amides is 1. The predicted octanol–water partition coefficient (Wildman–Crippen LogP) is 2.90. The number of anilines is 1. The van der Waals surface area contributed by atoms with Crippen LogP contribution in [0.25, 0.3) is 0 Å². The number of nitrogens with one attached hydrogen (secondary N) is 1. The third kappa shape index (κ3) is 10.2. The quantitative estimate of drug-likeness (QED) is 0.274. The van der Waals surface area contributed by atoms with Crippen molar-refractivity contribution in [3.8, 4) is 0 Å². The summed E-state index contributed by atoms with van der Waals surface area (Å²) in [6, 6.07) is 8.08. The molecule has 1 saturated heterocycles. The highest BCUT2D eigenvalue weighted by molar-refractivity contribution is 5.92. The molecule has 0 spiro atoms. The fourth-order valence-electron chi connectivity index (χ4n) is 3.40. The summed E-state index contributed by atoms with van der Waals surface area (Å²) in [5.41, 5.74) is 5.32. The summed E-state index contributed by atoms with van der Waals surface area (Å²) < 4.78 is 16.1. The van der Waals surface area contributed by atoms with Gasteiger partial charge in [0.25, 0.3) is 0 Å². The molecule has 1 aromatic rings. The molecule has 0 saturated carbocycles. The van der Waals surface area contributed by atoms with Gasteiger partial charge in [0.05, 0.1) is 31.9 Å². The molecule has 1 aliphatic rings. The van der Waals surface area contributed by atoms with Crippen LogP contribution in [-0.4, -0.2) is 76.0 Å². The highest BCUT2D eigenvalue weighted by Gasteiger charge is 2.17. The van der Waals surface area contributed by atoms with Crippen LogP contribution in [0.15, 0.2) is 24.3 Å². The van der Waals surface area contributed by atoms with Crippen LogP contribution in [0.5, 0.6) is 0 Å². The fraction of sp³-hybridized carbons (Fsp3) is 0.680. The Morgan fingerprint density at radius 2 is 1.79 bits per heavy atom. The number of benzene rings is 1. The van der Waals surface area contributed by atoms with Gasteiger partial charge >= 0.3 is 5.97 Å². The molecule has 1 aromatic carbocycles. The van der Waals surface area contributed by atoms with E-state index in [9.17, 15) is 9.59 Å². The maximum Gasteiger partial charge on any atom is 0.308 e. The molecule has 0 unspecified atom stereocenters. The van der Waals surface area contributed by atoms with Crippen LogP contribution in [0.2, 0.25) is 0 Å². The Kier molecular flexibility index (Phi) is 11.8. The highest BCUT2D eigenvalue weighted by Crippen LogP contribution is 2.24. The zero-order valence-corrected chi connectivity index (χ0v) is 20.7. The molecule has 33 heavy (non-hydrogen) atoms. The van der Waals surface area contributed by atoms with E-state index in [0.29, 0.717) is 32.8 Å². The van der Waals surface area contributed by atoms with Gasteiger partial charge in [-0.2, -0.15) is 0 Å². The number of hydrogen-bond acceptors (Lipinski definition) is 7. The molecule has 8 nitrogen and oxygen atoms in total. The van der Waals surface area contributed by atoms with E-state index in [0.717, 1.165) is 45.0 Å². The van der Waals surface area contributed by atoms with E-state index in [1.54, 1.807) is 5.01 Å². The van der Waals surface area contributed by atoms with E-state index >= 15 is 0 Å². The topological polar surface area (TPSA) is 80.3 Å². The van der Waals surface area contributed by atoms with Crippen molar-refractivity contribution in [3.05, 3.63) is 29.8 Å². The minimum atomic E-state index is -0.236. The maximum absolute atomic E-state index is 12.4. The molecule has 1 amide bonds. The van der Waals surface area contributed by atoms with Crippen molar-refractivity contribution < 1.29 is 23.8 Å². The van der Waals surface area contributed by atoms with Gasteiger partial charge in [-0.25, -0.2) is 10.4 Å². The Labute approximate surface area is 198 Å². The van der Waals surface area contributed by atoms with Crippen LogP contribution < -0.4 is 10.4 Å². The summed E-state index contributed by atoms with van der Waals surface area (Å²) in [6.07, 6.45) is 1.38. The van der Waals surface area contributed by atoms with Gasteiger partial charge in [-0.15, -0.1) is 0 Å². The Hall–Kier alpha value is -2.00. The number of ether oxygens (including phenoxy) is 3. The standard InChI is InChI=1S/C25H41N3O5/c1-5-23(29)28(22-9-7-21(8-10-22)25(2,3)4)26-12-6-16-31-17-11-24(30)33-20-15-27-13-18-32-19-14-27/h7-10,26H,5-6,11-20H2,1-4H3. The van der Waals surface area contributed by atoms with E-state index in [1.807, 2.05) is 19.1 Å². The molecule has 186 valence electrons. The molecule has 1 aliphatic heterocycles. The van der Waals surface area contributed by atoms with Gasteiger partial charge in [-0.3, -0.25) is 14.5 Å². The Morgan fingerprint density at radius 3 is 2.42 bits per heavy atom. The Morgan fingerprint density at radius 1 is 1.09 bits per heavy atom. The number of nitrogens with zero attached hydrogens (tertiary/aromatic N) is 2. The first kappa shape index (κ1) is 27.2. The van der Waals surface area contributed by atoms with E-state index in [2.05, 4.69) is 43.2 Å². The average molecular weight is 464 g/mol. The van der Waals surface area contributed by atoms with E-state index < -0.39 is 0 Å². The number of carbonyl (C=O) groups is 2. The molecule has 0 bridgehead atoms. The first-order valence-electron chi connectivity index (χ1n) is 12.0. The normalized spacial score (nSPS) is 14.8. The molecule has 8 heteroatoms.